The van der Waals surface area contributed by atoms with Gasteiger partial charge < -0.3 is 20.4 Å². The predicted molar refractivity (Wildman–Crippen MR) is 87.9 cm³/mol. The lowest BCUT2D eigenvalue weighted by molar-refractivity contribution is -0.148. The van der Waals surface area contributed by atoms with Gasteiger partial charge in [-0.1, -0.05) is 30.3 Å². The van der Waals surface area contributed by atoms with Crippen LogP contribution in [-0.2, 0) is 11.2 Å². The molecule has 0 radical (unpaired) electrons. The molecule has 1 heterocycles. The molecule has 0 bridgehead atoms. The van der Waals surface area contributed by atoms with Crippen molar-refractivity contribution in [2.75, 3.05) is 19.6 Å². The van der Waals surface area contributed by atoms with Crippen LogP contribution in [0.15, 0.2) is 30.3 Å². The second-order valence-corrected chi connectivity index (χ2v) is 6.85. The van der Waals surface area contributed by atoms with E-state index in [-0.39, 0.29) is 12.5 Å². The standard InChI is InChI=1S/C18H26N2O3/c21-16-12-20(11-10-18(16,23)13-19-15-7-8-15)17(22)9-6-14-4-2-1-3-5-14/h1-5,15-16,19,21,23H,6-13H2/t16-,18-/m0/s1. The van der Waals surface area contributed by atoms with E-state index in [1.54, 1.807) is 4.90 Å². The molecule has 1 saturated carbocycles. The summed E-state index contributed by atoms with van der Waals surface area (Å²) in [5.41, 5.74) is 0.0299. The maximum absolute atomic E-state index is 12.3. The van der Waals surface area contributed by atoms with Crippen molar-refractivity contribution in [2.45, 2.75) is 49.9 Å². The van der Waals surface area contributed by atoms with Crippen molar-refractivity contribution in [2.24, 2.45) is 0 Å². The van der Waals surface area contributed by atoms with Crippen molar-refractivity contribution >= 4 is 5.91 Å². The highest BCUT2D eigenvalue weighted by atomic mass is 16.3. The van der Waals surface area contributed by atoms with E-state index in [0.29, 0.717) is 38.4 Å². The first-order chi connectivity index (χ1) is 11.1. The molecule has 1 aliphatic carbocycles. The number of hydrogen-bond acceptors (Lipinski definition) is 4. The Bertz CT molecular complexity index is 532. The van der Waals surface area contributed by atoms with E-state index in [1.165, 1.54) is 0 Å². The van der Waals surface area contributed by atoms with Gasteiger partial charge in [0.15, 0.2) is 0 Å². The summed E-state index contributed by atoms with van der Waals surface area (Å²) in [7, 11) is 0. The third-order valence-corrected chi connectivity index (χ3v) is 4.93. The minimum Gasteiger partial charge on any atom is -0.388 e. The van der Waals surface area contributed by atoms with Gasteiger partial charge in [-0.2, -0.15) is 0 Å². The first-order valence-electron chi connectivity index (χ1n) is 8.52. The van der Waals surface area contributed by atoms with Gasteiger partial charge in [-0.3, -0.25) is 4.79 Å². The second kappa shape index (κ2) is 6.99. The summed E-state index contributed by atoms with van der Waals surface area (Å²) in [4.78, 5) is 14.0. The van der Waals surface area contributed by atoms with Crippen LogP contribution in [0, 0.1) is 0 Å². The average molecular weight is 318 g/mol. The molecule has 2 atom stereocenters. The van der Waals surface area contributed by atoms with Gasteiger partial charge in [0.1, 0.15) is 11.7 Å². The first kappa shape index (κ1) is 16.4. The molecule has 5 heteroatoms. The van der Waals surface area contributed by atoms with Crippen LogP contribution < -0.4 is 5.32 Å². The quantitative estimate of drug-likeness (QED) is 0.722. The normalized spacial score (nSPS) is 27.9. The number of β-amino-alcohol motifs (C(OH)–C–C–N with tert-alkyl or cyclic N) is 1. The van der Waals surface area contributed by atoms with Crippen molar-refractivity contribution in [3.63, 3.8) is 0 Å². The van der Waals surface area contributed by atoms with Crippen LogP contribution >= 0.6 is 0 Å². The second-order valence-electron chi connectivity index (χ2n) is 6.85. The molecule has 1 aliphatic heterocycles. The predicted octanol–water partition coefficient (Wildman–Crippen LogP) is 0.696. The smallest absolute Gasteiger partial charge is 0.222 e. The van der Waals surface area contributed by atoms with Gasteiger partial charge in [0.05, 0.1) is 0 Å². The molecule has 0 unspecified atom stereocenters. The van der Waals surface area contributed by atoms with Crippen LogP contribution in [0.25, 0.3) is 0 Å². The lowest BCUT2D eigenvalue weighted by Crippen LogP contribution is -2.60. The molecule has 0 aromatic heterocycles. The molecule has 1 aromatic rings. The number of nitrogens with one attached hydrogen (secondary N) is 1. The highest BCUT2D eigenvalue weighted by Gasteiger charge is 2.42. The summed E-state index contributed by atoms with van der Waals surface area (Å²) < 4.78 is 0. The summed E-state index contributed by atoms with van der Waals surface area (Å²) >= 11 is 0. The molecule has 1 aromatic carbocycles. The van der Waals surface area contributed by atoms with Crippen LogP contribution in [0.5, 0.6) is 0 Å². The third-order valence-electron chi connectivity index (χ3n) is 4.93. The molecular weight excluding hydrogens is 292 g/mol. The van der Waals surface area contributed by atoms with Crippen molar-refractivity contribution in [3.05, 3.63) is 35.9 Å². The van der Waals surface area contributed by atoms with Gasteiger partial charge in [0, 0.05) is 32.1 Å². The fraction of sp³-hybridized carbons (Fsp3) is 0.611. The zero-order valence-corrected chi connectivity index (χ0v) is 13.4. The summed E-state index contributed by atoms with van der Waals surface area (Å²) in [5, 5.41) is 24.1. The van der Waals surface area contributed by atoms with Crippen LogP contribution in [0.2, 0.25) is 0 Å². The Balaban J connectivity index is 1.47. The van der Waals surface area contributed by atoms with E-state index < -0.39 is 11.7 Å². The molecule has 1 saturated heterocycles. The number of amides is 1. The lowest BCUT2D eigenvalue weighted by atomic mass is 9.88. The van der Waals surface area contributed by atoms with E-state index in [1.807, 2.05) is 30.3 Å². The van der Waals surface area contributed by atoms with Crippen LogP contribution in [-0.4, -0.2) is 58.4 Å². The third kappa shape index (κ3) is 4.31. The Labute approximate surface area is 137 Å². The Morgan fingerprint density at radius 3 is 2.70 bits per heavy atom. The summed E-state index contributed by atoms with van der Waals surface area (Å²) in [6.07, 6.45) is 2.98. The van der Waals surface area contributed by atoms with Gasteiger partial charge in [-0.15, -0.1) is 0 Å². The highest BCUT2D eigenvalue weighted by molar-refractivity contribution is 5.76. The Morgan fingerprint density at radius 1 is 1.30 bits per heavy atom. The van der Waals surface area contributed by atoms with Crippen LogP contribution in [0.3, 0.4) is 0 Å². The number of likely N-dealkylation sites (tertiary alicyclic amines) is 1. The van der Waals surface area contributed by atoms with Crippen molar-refractivity contribution < 1.29 is 15.0 Å². The summed E-state index contributed by atoms with van der Waals surface area (Å²) in [6, 6.07) is 10.4. The van der Waals surface area contributed by atoms with Crippen molar-refractivity contribution in [3.8, 4) is 0 Å². The van der Waals surface area contributed by atoms with E-state index in [9.17, 15) is 15.0 Å². The van der Waals surface area contributed by atoms with E-state index in [4.69, 9.17) is 0 Å². The Kier molecular flexibility index (Phi) is 4.99. The number of aliphatic hydroxyl groups excluding tert-OH is 1. The highest BCUT2D eigenvalue weighted by Crippen LogP contribution is 2.25. The molecule has 5 nitrogen and oxygen atoms in total. The summed E-state index contributed by atoms with van der Waals surface area (Å²) in [5.74, 6) is 0.0464. The molecule has 3 rings (SSSR count). The molecule has 0 spiro atoms. The minimum absolute atomic E-state index is 0.0464. The number of carbonyl (C=O) groups is 1. The molecular formula is C18H26N2O3. The van der Waals surface area contributed by atoms with Gasteiger partial charge in [0.2, 0.25) is 5.91 Å². The fourth-order valence-corrected chi connectivity index (χ4v) is 3.06. The molecule has 2 fully saturated rings. The number of aliphatic hydroxyl groups is 2. The van der Waals surface area contributed by atoms with Gasteiger partial charge >= 0.3 is 0 Å². The van der Waals surface area contributed by atoms with Crippen LogP contribution in [0.4, 0.5) is 0 Å². The molecule has 1 amide bonds. The zero-order chi connectivity index (χ0) is 16.3. The fourth-order valence-electron chi connectivity index (χ4n) is 3.06. The van der Waals surface area contributed by atoms with E-state index >= 15 is 0 Å². The first-order valence-corrected chi connectivity index (χ1v) is 8.52. The lowest BCUT2D eigenvalue weighted by Gasteiger charge is -2.42. The maximum Gasteiger partial charge on any atom is 0.222 e. The number of carbonyl (C=O) groups excluding carboxylic acids is 1. The number of benzene rings is 1. The van der Waals surface area contributed by atoms with Gasteiger partial charge in [0.25, 0.3) is 0 Å². The monoisotopic (exact) mass is 318 g/mol. The molecule has 23 heavy (non-hydrogen) atoms. The minimum atomic E-state index is -1.11. The number of piperidine rings is 1. The van der Waals surface area contributed by atoms with Crippen LogP contribution in [0.1, 0.15) is 31.2 Å². The van der Waals surface area contributed by atoms with Crippen molar-refractivity contribution in [1.29, 1.82) is 0 Å². The van der Waals surface area contributed by atoms with E-state index in [0.717, 1.165) is 18.4 Å². The Hall–Kier alpha value is -1.43. The summed E-state index contributed by atoms with van der Waals surface area (Å²) in [6.45, 7) is 1.13. The molecule has 2 aliphatic rings. The average Bonchev–Trinajstić information content (AvgIpc) is 3.39. The topological polar surface area (TPSA) is 72.8 Å². The number of hydrogen-bond donors (Lipinski definition) is 3. The molecule has 3 N–H and O–H groups in total. The Morgan fingerprint density at radius 2 is 2.04 bits per heavy atom. The SMILES string of the molecule is O=C(CCc1ccccc1)N1CC[C@](O)(CNC2CC2)[C@@H](O)C1. The zero-order valence-electron chi connectivity index (χ0n) is 13.4. The van der Waals surface area contributed by atoms with Gasteiger partial charge in [-0.05, 0) is 31.2 Å². The molecule has 126 valence electrons. The van der Waals surface area contributed by atoms with E-state index in [2.05, 4.69) is 5.32 Å². The largest absolute Gasteiger partial charge is 0.388 e. The number of rotatable bonds is 6. The number of aryl methyl sites for hydroxylation is 1. The van der Waals surface area contributed by atoms with Gasteiger partial charge in [-0.25, -0.2) is 0 Å². The maximum atomic E-state index is 12.3. The number of nitrogens with zero attached hydrogens (tertiary/aromatic N) is 1. The van der Waals surface area contributed by atoms with Crippen molar-refractivity contribution in [1.82, 2.24) is 10.2 Å².